The second-order valence-corrected chi connectivity index (χ2v) is 7.95. The van der Waals surface area contributed by atoms with Crippen LogP contribution in [0.1, 0.15) is 36.1 Å². The standard InChI is InChI=1S/C23H26N4OS/c1-16-10-12-17(13-11-16)24-23(29)26-25-22(28)14-15-27-20-8-4-2-6-18(20)19-7-3-5-9-21(19)27/h2,4,6,8,10-13H,3,5,7,9,14-15H2,1H3,(H,25,28)(H2,24,26,29). The van der Waals surface area contributed by atoms with Gasteiger partial charge in [-0.05, 0) is 68.6 Å². The number of aryl methyl sites for hydroxylation is 3. The van der Waals surface area contributed by atoms with Gasteiger partial charge in [-0.2, -0.15) is 0 Å². The Morgan fingerprint density at radius 2 is 1.79 bits per heavy atom. The summed E-state index contributed by atoms with van der Waals surface area (Å²) in [5, 5.41) is 4.76. The highest BCUT2D eigenvalue weighted by Crippen LogP contribution is 2.32. The summed E-state index contributed by atoms with van der Waals surface area (Å²) in [7, 11) is 0. The second-order valence-electron chi connectivity index (χ2n) is 7.54. The van der Waals surface area contributed by atoms with Crippen molar-refractivity contribution in [2.45, 2.75) is 45.6 Å². The normalized spacial score (nSPS) is 13.0. The minimum atomic E-state index is -0.0830. The molecule has 4 rings (SSSR count). The van der Waals surface area contributed by atoms with Gasteiger partial charge in [0.1, 0.15) is 0 Å². The molecule has 0 atom stereocenters. The van der Waals surface area contributed by atoms with Crippen LogP contribution in [0.3, 0.4) is 0 Å². The second kappa shape index (κ2) is 8.66. The molecule has 1 amide bonds. The van der Waals surface area contributed by atoms with Crippen LogP contribution >= 0.6 is 12.2 Å². The summed E-state index contributed by atoms with van der Waals surface area (Å²) < 4.78 is 2.33. The SMILES string of the molecule is Cc1ccc(NC(=S)NNC(=O)CCn2c3c(c4ccccc42)CCCC3)cc1. The van der Waals surface area contributed by atoms with Crippen LogP contribution < -0.4 is 16.2 Å². The van der Waals surface area contributed by atoms with Gasteiger partial charge < -0.3 is 9.88 Å². The minimum Gasteiger partial charge on any atom is -0.344 e. The van der Waals surface area contributed by atoms with Crippen molar-refractivity contribution in [2.24, 2.45) is 0 Å². The lowest BCUT2D eigenvalue weighted by atomic mass is 9.95. The fourth-order valence-electron chi connectivity index (χ4n) is 4.04. The number of nitrogens with one attached hydrogen (secondary N) is 3. The molecule has 29 heavy (non-hydrogen) atoms. The van der Waals surface area contributed by atoms with Crippen LogP contribution in [0.2, 0.25) is 0 Å². The van der Waals surface area contributed by atoms with Gasteiger partial charge in [-0.25, -0.2) is 0 Å². The van der Waals surface area contributed by atoms with Crippen LogP contribution in [-0.2, 0) is 24.2 Å². The number of anilines is 1. The topological polar surface area (TPSA) is 58.1 Å². The summed E-state index contributed by atoms with van der Waals surface area (Å²) in [6, 6.07) is 16.4. The maximum atomic E-state index is 12.4. The number of aromatic nitrogens is 1. The number of hydrogen-bond donors (Lipinski definition) is 3. The zero-order valence-corrected chi connectivity index (χ0v) is 17.4. The molecule has 1 heterocycles. The fourth-order valence-corrected chi connectivity index (χ4v) is 4.21. The molecular weight excluding hydrogens is 380 g/mol. The summed E-state index contributed by atoms with van der Waals surface area (Å²) in [5.41, 5.74) is 11.6. The molecule has 0 saturated carbocycles. The van der Waals surface area contributed by atoms with Crippen molar-refractivity contribution >= 4 is 39.8 Å². The summed E-state index contributed by atoms with van der Waals surface area (Å²) in [6.45, 7) is 2.70. The smallest absolute Gasteiger partial charge is 0.240 e. The van der Waals surface area contributed by atoms with Gasteiger partial charge in [-0.3, -0.25) is 15.6 Å². The molecule has 150 valence electrons. The average molecular weight is 407 g/mol. The van der Waals surface area contributed by atoms with E-state index in [-0.39, 0.29) is 5.91 Å². The molecule has 0 bridgehead atoms. The third kappa shape index (κ3) is 4.43. The fraction of sp³-hybridized carbons (Fsp3) is 0.304. The number of fused-ring (bicyclic) bond motifs is 3. The maximum absolute atomic E-state index is 12.4. The van der Waals surface area contributed by atoms with E-state index in [1.165, 1.54) is 40.6 Å². The summed E-state index contributed by atoms with van der Waals surface area (Å²) in [4.78, 5) is 12.4. The number of hydrazine groups is 1. The van der Waals surface area contributed by atoms with Gasteiger partial charge in [-0.15, -0.1) is 0 Å². The van der Waals surface area contributed by atoms with E-state index >= 15 is 0 Å². The van der Waals surface area contributed by atoms with Crippen molar-refractivity contribution < 1.29 is 4.79 Å². The third-order valence-corrected chi connectivity index (χ3v) is 5.68. The van der Waals surface area contributed by atoms with Crippen molar-refractivity contribution in [1.29, 1.82) is 0 Å². The molecule has 0 saturated heterocycles. The van der Waals surface area contributed by atoms with Crippen molar-refractivity contribution in [3.05, 3.63) is 65.4 Å². The van der Waals surface area contributed by atoms with E-state index in [4.69, 9.17) is 12.2 Å². The lowest BCUT2D eigenvalue weighted by Crippen LogP contribution is -2.44. The Hall–Kier alpha value is -2.86. The molecular formula is C23H26N4OS. The highest BCUT2D eigenvalue weighted by atomic mass is 32.1. The van der Waals surface area contributed by atoms with E-state index in [1.807, 2.05) is 31.2 Å². The average Bonchev–Trinajstić information content (AvgIpc) is 3.06. The van der Waals surface area contributed by atoms with Gasteiger partial charge in [0.05, 0.1) is 0 Å². The molecule has 3 aromatic rings. The predicted octanol–water partition coefficient (Wildman–Crippen LogP) is 4.24. The van der Waals surface area contributed by atoms with Crippen molar-refractivity contribution in [3.63, 3.8) is 0 Å². The minimum absolute atomic E-state index is 0.0830. The maximum Gasteiger partial charge on any atom is 0.240 e. The van der Waals surface area contributed by atoms with E-state index < -0.39 is 0 Å². The van der Waals surface area contributed by atoms with E-state index in [2.05, 4.69) is 45.0 Å². The zero-order chi connectivity index (χ0) is 20.2. The van der Waals surface area contributed by atoms with E-state index in [9.17, 15) is 4.79 Å². The predicted molar refractivity (Wildman–Crippen MR) is 122 cm³/mol. The highest BCUT2D eigenvalue weighted by molar-refractivity contribution is 7.80. The number of rotatable bonds is 4. The summed E-state index contributed by atoms with van der Waals surface area (Å²) in [6.07, 6.45) is 5.09. The van der Waals surface area contributed by atoms with Gasteiger partial charge in [0.15, 0.2) is 5.11 Å². The largest absolute Gasteiger partial charge is 0.344 e. The van der Waals surface area contributed by atoms with Crippen molar-refractivity contribution in [1.82, 2.24) is 15.4 Å². The van der Waals surface area contributed by atoms with Gasteiger partial charge in [0.25, 0.3) is 0 Å². The molecule has 5 nitrogen and oxygen atoms in total. The Labute approximate surface area is 176 Å². The number of nitrogens with zero attached hydrogens (tertiary/aromatic N) is 1. The molecule has 0 fully saturated rings. The van der Waals surface area contributed by atoms with Crippen LogP contribution in [0.15, 0.2) is 48.5 Å². The summed E-state index contributed by atoms with van der Waals surface area (Å²) >= 11 is 5.25. The number of carbonyl (C=O) groups is 1. The highest BCUT2D eigenvalue weighted by Gasteiger charge is 2.19. The number of amides is 1. The van der Waals surface area contributed by atoms with Crippen LogP contribution in [0.25, 0.3) is 10.9 Å². The van der Waals surface area contributed by atoms with Crippen molar-refractivity contribution in [2.75, 3.05) is 5.32 Å². The lowest BCUT2D eigenvalue weighted by Gasteiger charge is -2.16. The number of benzene rings is 2. The lowest BCUT2D eigenvalue weighted by molar-refractivity contribution is -0.121. The van der Waals surface area contributed by atoms with Crippen LogP contribution in [0.5, 0.6) is 0 Å². The van der Waals surface area contributed by atoms with Gasteiger partial charge in [0, 0.05) is 35.2 Å². The Balaban J connectivity index is 1.34. The molecule has 0 unspecified atom stereocenters. The molecule has 2 aromatic carbocycles. The first kappa shape index (κ1) is 19.5. The number of hydrogen-bond acceptors (Lipinski definition) is 2. The Morgan fingerprint density at radius 3 is 2.62 bits per heavy atom. The zero-order valence-electron chi connectivity index (χ0n) is 16.6. The number of carbonyl (C=O) groups excluding carboxylic acids is 1. The third-order valence-electron chi connectivity index (χ3n) is 5.47. The number of para-hydroxylation sites is 1. The molecule has 1 aliphatic carbocycles. The van der Waals surface area contributed by atoms with Gasteiger partial charge >= 0.3 is 0 Å². The van der Waals surface area contributed by atoms with E-state index in [1.54, 1.807) is 0 Å². The molecule has 6 heteroatoms. The molecule has 0 aliphatic heterocycles. The van der Waals surface area contributed by atoms with E-state index in [0.717, 1.165) is 18.5 Å². The van der Waals surface area contributed by atoms with Crippen molar-refractivity contribution in [3.8, 4) is 0 Å². The molecule has 1 aliphatic rings. The Bertz CT molecular complexity index is 1040. The Morgan fingerprint density at radius 1 is 1.03 bits per heavy atom. The van der Waals surface area contributed by atoms with E-state index in [0.29, 0.717) is 18.1 Å². The quantitative estimate of drug-likeness (QED) is 0.448. The summed E-state index contributed by atoms with van der Waals surface area (Å²) in [5.74, 6) is -0.0830. The molecule has 1 aromatic heterocycles. The van der Waals surface area contributed by atoms with Gasteiger partial charge in [0.2, 0.25) is 5.91 Å². The number of thiocarbonyl (C=S) groups is 1. The first-order chi connectivity index (χ1) is 14.1. The molecule has 0 radical (unpaired) electrons. The molecule has 3 N–H and O–H groups in total. The van der Waals surface area contributed by atoms with Crippen LogP contribution in [0.4, 0.5) is 5.69 Å². The van der Waals surface area contributed by atoms with Crippen LogP contribution in [-0.4, -0.2) is 15.6 Å². The first-order valence-electron chi connectivity index (χ1n) is 10.1. The molecule has 0 spiro atoms. The monoisotopic (exact) mass is 406 g/mol. The van der Waals surface area contributed by atoms with Gasteiger partial charge in [-0.1, -0.05) is 35.9 Å². The van der Waals surface area contributed by atoms with Crippen LogP contribution in [0, 0.1) is 6.92 Å². The Kier molecular flexibility index (Phi) is 5.81. The first-order valence-corrected chi connectivity index (χ1v) is 10.5.